The SMILES string of the molecule is CS(=O)(=O)c1cccc2c1NCC1(CCCCC1)N2. The molecule has 1 aliphatic heterocycles. The monoisotopic (exact) mass is 280 g/mol. The molecule has 1 aliphatic carbocycles. The predicted octanol–water partition coefficient (Wildman–Crippen LogP) is 2.63. The molecule has 1 spiro atoms. The average Bonchev–Trinajstić information content (AvgIpc) is 2.37. The fourth-order valence-electron chi connectivity index (χ4n) is 3.24. The Labute approximate surface area is 114 Å². The standard InChI is InChI=1S/C14H20N2O2S/c1-19(17,18)12-7-5-6-11-13(12)15-10-14(16-11)8-3-2-4-9-14/h5-7,15-16H,2-4,8-10H2,1H3. The zero-order valence-corrected chi connectivity index (χ0v) is 12.0. The van der Waals surface area contributed by atoms with Gasteiger partial charge in [0.05, 0.1) is 21.8 Å². The molecule has 0 radical (unpaired) electrons. The van der Waals surface area contributed by atoms with Crippen LogP contribution in [0.1, 0.15) is 32.1 Å². The van der Waals surface area contributed by atoms with E-state index in [1.807, 2.05) is 12.1 Å². The zero-order chi connectivity index (χ0) is 13.5. The van der Waals surface area contributed by atoms with E-state index in [-0.39, 0.29) is 5.54 Å². The number of benzene rings is 1. The third-order valence-corrected chi connectivity index (χ3v) is 5.38. The minimum absolute atomic E-state index is 0.112. The van der Waals surface area contributed by atoms with Gasteiger partial charge in [-0.05, 0) is 25.0 Å². The van der Waals surface area contributed by atoms with Crippen LogP contribution < -0.4 is 10.6 Å². The van der Waals surface area contributed by atoms with Crippen LogP contribution in [0.2, 0.25) is 0 Å². The van der Waals surface area contributed by atoms with Crippen LogP contribution in [-0.2, 0) is 9.84 Å². The van der Waals surface area contributed by atoms with Crippen LogP contribution in [0, 0.1) is 0 Å². The maximum Gasteiger partial charge on any atom is 0.177 e. The summed E-state index contributed by atoms with van der Waals surface area (Å²) in [7, 11) is -3.19. The summed E-state index contributed by atoms with van der Waals surface area (Å²) in [6.07, 6.45) is 7.37. The predicted molar refractivity (Wildman–Crippen MR) is 77.5 cm³/mol. The summed E-state index contributed by atoms with van der Waals surface area (Å²) < 4.78 is 23.6. The van der Waals surface area contributed by atoms with Gasteiger partial charge >= 0.3 is 0 Å². The quantitative estimate of drug-likeness (QED) is 0.830. The van der Waals surface area contributed by atoms with Gasteiger partial charge in [0.15, 0.2) is 9.84 Å². The van der Waals surface area contributed by atoms with Gasteiger partial charge < -0.3 is 10.6 Å². The largest absolute Gasteiger partial charge is 0.380 e. The Hall–Kier alpha value is -1.23. The van der Waals surface area contributed by atoms with Crippen molar-refractivity contribution < 1.29 is 8.42 Å². The number of sulfone groups is 1. The average molecular weight is 280 g/mol. The third-order valence-electron chi connectivity index (χ3n) is 4.24. The van der Waals surface area contributed by atoms with E-state index in [1.165, 1.54) is 25.5 Å². The second-order valence-electron chi connectivity index (χ2n) is 5.77. The van der Waals surface area contributed by atoms with Gasteiger partial charge in [-0.15, -0.1) is 0 Å². The first-order chi connectivity index (χ1) is 9.00. The van der Waals surface area contributed by atoms with E-state index in [9.17, 15) is 8.42 Å². The van der Waals surface area contributed by atoms with Gasteiger partial charge in [0, 0.05) is 12.8 Å². The highest BCUT2D eigenvalue weighted by molar-refractivity contribution is 7.90. The first-order valence-corrected chi connectivity index (χ1v) is 8.75. The summed E-state index contributed by atoms with van der Waals surface area (Å²) >= 11 is 0. The number of hydrogen-bond acceptors (Lipinski definition) is 4. The number of rotatable bonds is 1. The molecule has 0 bridgehead atoms. The Kier molecular flexibility index (Phi) is 2.96. The first kappa shape index (κ1) is 12.8. The third kappa shape index (κ3) is 2.31. The summed E-state index contributed by atoms with van der Waals surface area (Å²) in [6, 6.07) is 5.44. The zero-order valence-electron chi connectivity index (χ0n) is 11.2. The minimum Gasteiger partial charge on any atom is -0.380 e. The van der Waals surface area contributed by atoms with Gasteiger partial charge in [0.2, 0.25) is 0 Å². The van der Waals surface area contributed by atoms with Gasteiger partial charge in [-0.25, -0.2) is 8.42 Å². The van der Waals surface area contributed by atoms with Crippen LogP contribution in [0.15, 0.2) is 23.1 Å². The fraction of sp³-hybridized carbons (Fsp3) is 0.571. The normalized spacial score (nSPS) is 21.3. The molecule has 5 heteroatoms. The van der Waals surface area contributed by atoms with Crippen molar-refractivity contribution in [2.24, 2.45) is 0 Å². The second-order valence-corrected chi connectivity index (χ2v) is 7.75. The van der Waals surface area contributed by atoms with E-state index in [1.54, 1.807) is 6.07 Å². The number of para-hydroxylation sites is 1. The first-order valence-electron chi connectivity index (χ1n) is 6.85. The molecule has 0 unspecified atom stereocenters. The molecule has 0 aromatic heterocycles. The highest BCUT2D eigenvalue weighted by atomic mass is 32.2. The molecule has 1 saturated carbocycles. The van der Waals surface area contributed by atoms with E-state index in [4.69, 9.17) is 0 Å². The van der Waals surface area contributed by atoms with Crippen LogP contribution >= 0.6 is 0 Å². The highest BCUT2D eigenvalue weighted by Crippen LogP contribution is 2.40. The molecule has 1 aromatic rings. The van der Waals surface area contributed by atoms with Crippen LogP contribution in [0.3, 0.4) is 0 Å². The van der Waals surface area contributed by atoms with Crippen molar-refractivity contribution in [3.8, 4) is 0 Å². The number of nitrogens with one attached hydrogen (secondary N) is 2. The van der Waals surface area contributed by atoms with Crippen molar-refractivity contribution in [3.63, 3.8) is 0 Å². The number of fused-ring (bicyclic) bond motifs is 1. The van der Waals surface area contributed by atoms with Gasteiger partial charge in [-0.3, -0.25) is 0 Å². The summed E-state index contributed by atoms with van der Waals surface area (Å²) in [6.45, 7) is 0.812. The molecule has 0 saturated heterocycles. The molecular weight excluding hydrogens is 260 g/mol. The maximum absolute atomic E-state index is 11.8. The topological polar surface area (TPSA) is 58.2 Å². The Morgan fingerprint density at radius 3 is 2.58 bits per heavy atom. The Morgan fingerprint density at radius 1 is 1.16 bits per heavy atom. The van der Waals surface area contributed by atoms with Gasteiger partial charge in [-0.1, -0.05) is 25.3 Å². The number of hydrogen-bond donors (Lipinski definition) is 2. The van der Waals surface area contributed by atoms with Gasteiger partial charge in [0.1, 0.15) is 0 Å². The van der Waals surface area contributed by atoms with E-state index >= 15 is 0 Å². The fourth-order valence-corrected chi connectivity index (χ4v) is 4.12. The summed E-state index contributed by atoms with van der Waals surface area (Å²) in [5, 5.41) is 6.95. The Balaban J connectivity index is 1.99. The Bertz CT molecular complexity index is 589. The van der Waals surface area contributed by atoms with Crippen molar-refractivity contribution in [3.05, 3.63) is 18.2 Å². The van der Waals surface area contributed by atoms with Gasteiger partial charge in [0.25, 0.3) is 0 Å². The molecule has 4 nitrogen and oxygen atoms in total. The summed E-state index contributed by atoms with van der Waals surface area (Å²) in [5.74, 6) is 0. The van der Waals surface area contributed by atoms with Crippen molar-refractivity contribution >= 4 is 21.2 Å². The molecule has 104 valence electrons. The Morgan fingerprint density at radius 2 is 1.89 bits per heavy atom. The van der Waals surface area contributed by atoms with E-state index in [2.05, 4.69) is 10.6 Å². The molecular formula is C14H20N2O2S. The van der Waals surface area contributed by atoms with Crippen molar-refractivity contribution in [1.82, 2.24) is 0 Å². The van der Waals surface area contributed by atoms with Gasteiger partial charge in [-0.2, -0.15) is 0 Å². The molecule has 3 rings (SSSR count). The lowest BCUT2D eigenvalue weighted by molar-refractivity contribution is 0.334. The summed E-state index contributed by atoms with van der Waals surface area (Å²) in [4.78, 5) is 0.392. The van der Waals surface area contributed by atoms with Crippen LogP contribution in [0.5, 0.6) is 0 Å². The maximum atomic E-state index is 11.8. The molecule has 19 heavy (non-hydrogen) atoms. The molecule has 2 aliphatic rings. The van der Waals surface area contributed by atoms with Crippen molar-refractivity contribution in [2.45, 2.75) is 42.5 Å². The second kappa shape index (κ2) is 4.40. The van der Waals surface area contributed by atoms with Crippen LogP contribution in [0.25, 0.3) is 0 Å². The molecule has 1 fully saturated rings. The van der Waals surface area contributed by atoms with E-state index in [0.717, 1.165) is 30.8 Å². The van der Waals surface area contributed by atoms with Crippen molar-refractivity contribution in [2.75, 3.05) is 23.4 Å². The highest BCUT2D eigenvalue weighted by Gasteiger charge is 2.36. The summed E-state index contributed by atoms with van der Waals surface area (Å²) in [5.41, 5.74) is 1.78. The number of anilines is 2. The smallest absolute Gasteiger partial charge is 0.177 e. The molecule has 0 amide bonds. The molecule has 1 heterocycles. The van der Waals surface area contributed by atoms with E-state index in [0.29, 0.717) is 4.90 Å². The lowest BCUT2D eigenvalue weighted by Crippen LogP contribution is -2.49. The van der Waals surface area contributed by atoms with Crippen LogP contribution in [-0.4, -0.2) is 26.8 Å². The van der Waals surface area contributed by atoms with Crippen LogP contribution in [0.4, 0.5) is 11.4 Å². The lowest BCUT2D eigenvalue weighted by atomic mass is 9.80. The van der Waals surface area contributed by atoms with E-state index < -0.39 is 9.84 Å². The lowest BCUT2D eigenvalue weighted by Gasteiger charge is -2.43. The molecule has 2 N–H and O–H groups in total. The minimum atomic E-state index is -3.19. The van der Waals surface area contributed by atoms with Crippen molar-refractivity contribution in [1.29, 1.82) is 0 Å². The molecule has 1 aromatic carbocycles. The molecule has 0 atom stereocenters.